The Labute approximate surface area is 168 Å². The van der Waals surface area contributed by atoms with Crippen molar-refractivity contribution in [2.75, 3.05) is 6.54 Å². The summed E-state index contributed by atoms with van der Waals surface area (Å²) < 4.78 is 48.2. The molecule has 0 aliphatic carbocycles. The number of benzene rings is 3. The molecule has 6 heteroatoms. The van der Waals surface area contributed by atoms with Crippen LogP contribution in [0.5, 0.6) is 0 Å². The highest BCUT2D eigenvalue weighted by molar-refractivity contribution is 6.65. The first-order chi connectivity index (χ1) is 14.1. The molecule has 2 aliphatic heterocycles. The van der Waals surface area contributed by atoms with Crippen molar-refractivity contribution in [2.45, 2.75) is 24.5 Å². The van der Waals surface area contributed by atoms with E-state index in [0.717, 1.165) is 42.6 Å². The Morgan fingerprint density at radius 3 is 1.97 bits per heavy atom. The molecule has 0 aromatic heterocycles. The van der Waals surface area contributed by atoms with Crippen LogP contribution in [-0.4, -0.2) is 24.4 Å². The van der Waals surface area contributed by atoms with Gasteiger partial charge in [0.15, 0.2) is 17.5 Å². The minimum absolute atomic E-state index is 0.00785. The van der Waals surface area contributed by atoms with E-state index in [9.17, 15) is 13.2 Å². The predicted octanol–water partition coefficient (Wildman–Crippen LogP) is 4.24. The van der Waals surface area contributed by atoms with Gasteiger partial charge in [0, 0.05) is 6.04 Å². The van der Waals surface area contributed by atoms with E-state index >= 15 is 0 Å². The molecule has 2 nitrogen and oxygen atoms in total. The lowest BCUT2D eigenvalue weighted by atomic mass is 9.72. The van der Waals surface area contributed by atoms with Crippen LogP contribution in [0.2, 0.25) is 0 Å². The van der Waals surface area contributed by atoms with Crippen LogP contribution in [0.15, 0.2) is 72.8 Å². The molecule has 3 aromatic rings. The molecule has 3 aromatic carbocycles. The quantitative estimate of drug-likeness (QED) is 0.488. The molecule has 5 rings (SSSR count). The first-order valence-corrected chi connectivity index (χ1v) is 9.80. The van der Waals surface area contributed by atoms with Crippen molar-refractivity contribution in [3.63, 3.8) is 0 Å². The average Bonchev–Trinajstić information content (AvgIpc) is 3.35. The summed E-state index contributed by atoms with van der Waals surface area (Å²) in [4.78, 5) is 2.14. The second kappa shape index (κ2) is 7.04. The molecular weight excluding hydrogens is 374 g/mol. The Morgan fingerprint density at radius 1 is 0.862 bits per heavy atom. The van der Waals surface area contributed by atoms with Crippen LogP contribution in [0, 0.1) is 17.5 Å². The molecule has 0 unspecified atom stereocenters. The summed E-state index contributed by atoms with van der Waals surface area (Å²) in [6.45, 7) is 0.747. The van der Waals surface area contributed by atoms with E-state index < -0.39 is 30.1 Å². The SMILES string of the molecule is Fc1cc(B2OC(c3ccccc3)(c3ccccc3)[C@@H]3CCCN23)cc(F)c1F. The van der Waals surface area contributed by atoms with Crippen molar-refractivity contribution in [1.82, 2.24) is 4.81 Å². The van der Waals surface area contributed by atoms with E-state index in [1.807, 2.05) is 60.7 Å². The minimum Gasteiger partial charge on any atom is -0.402 e. The monoisotopic (exact) mass is 393 g/mol. The summed E-state index contributed by atoms with van der Waals surface area (Å²) >= 11 is 0. The van der Waals surface area contributed by atoms with E-state index in [1.165, 1.54) is 0 Å². The molecule has 0 amide bonds. The average molecular weight is 393 g/mol. The molecule has 0 spiro atoms. The standard InChI is InChI=1S/C23H19BF3NO/c25-19-14-18(15-20(26)22(19)27)24-28-13-7-12-21(28)23(29-24,16-8-3-1-4-9-16)17-10-5-2-6-11-17/h1-6,8-11,14-15,21H,7,12-13H2/t21-/m0/s1. The third-order valence-corrected chi connectivity index (χ3v) is 6.06. The Balaban J connectivity index is 1.69. The van der Waals surface area contributed by atoms with Gasteiger partial charge in [0.05, 0.1) is 0 Å². The zero-order valence-electron chi connectivity index (χ0n) is 15.7. The lowest BCUT2D eigenvalue weighted by Gasteiger charge is -2.36. The second-order valence-electron chi connectivity index (χ2n) is 7.63. The number of halogens is 3. The van der Waals surface area contributed by atoms with Gasteiger partial charge in [-0.3, -0.25) is 0 Å². The van der Waals surface area contributed by atoms with Gasteiger partial charge in [-0.25, -0.2) is 13.2 Å². The highest BCUT2D eigenvalue weighted by atomic mass is 19.2. The zero-order valence-corrected chi connectivity index (χ0v) is 15.7. The van der Waals surface area contributed by atoms with Crippen molar-refractivity contribution >= 4 is 12.5 Å². The van der Waals surface area contributed by atoms with Gasteiger partial charge in [-0.05, 0) is 48.1 Å². The molecule has 29 heavy (non-hydrogen) atoms. The second-order valence-corrected chi connectivity index (χ2v) is 7.63. The number of fused-ring (bicyclic) bond motifs is 1. The lowest BCUT2D eigenvalue weighted by molar-refractivity contribution is 0.106. The highest BCUT2D eigenvalue weighted by Gasteiger charge is 2.59. The van der Waals surface area contributed by atoms with E-state index in [1.54, 1.807) is 0 Å². The lowest BCUT2D eigenvalue weighted by Crippen LogP contribution is -2.46. The third kappa shape index (κ3) is 2.82. The predicted molar refractivity (Wildman–Crippen MR) is 106 cm³/mol. The summed E-state index contributed by atoms with van der Waals surface area (Å²) in [7, 11) is -0.660. The molecule has 2 aliphatic rings. The molecule has 2 fully saturated rings. The maximum absolute atomic E-state index is 14.0. The maximum atomic E-state index is 14.0. The van der Waals surface area contributed by atoms with Crippen LogP contribution >= 0.6 is 0 Å². The fourth-order valence-electron chi connectivity index (χ4n) is 4.86. The first kappa shape index (κ1) is 18.5. The van der Waals surface area contributed by atoms with Crippen LogP contribution in [0.25, 0.3) is 0 Å². The molecule has 2 heterocycles. The van der Waals surface area contributed by atoms with E-state index in [4.69, 9.17) is 4.65 Å². The first-order valence-electron chi connectivity index (χ1n) is 9.80. The molecular formula is C23H19BF3NO. The fraction of sp³-hybridized carbons (Fsp3) is 0.217. The summed E-state index contributed by atoms with van der Waals surface area (Å²) in [5.41, 5.74) is 1.51. The number of hydrogen-bond donors (Lipinski definition) is 0. The van der Waals surface area contributed by atoms with Crippen molar-refractivity contribution in [1.29, 1.82) is 0 Å². The van der Waals surface area contributed by atoms with Gasteiger partial charge in [0.1, 0.15) is 5.60 Å². The maximum Gasteiger partial charge on any atom is 0.420 e. The summed E-state index contributed by atoms with van der Waals surface area (Å²) in [6.07, 6.45) is 1.85. The highest BCUT2D eigenvalue weighted by Crippen LogP contribution is 2.48. The normalized spacial score (nSPS) is 20.8. The van der Waals surface area contributed by atoms with Gasteiger partial charge in [0.2, 0.25) is 0 Å². The topological polar surface area (TPSA) is 12.5 Å². The Morgan fingerprint density at radius 2 is 1.41 bits per heavy atom. The molecule has 0 radical (unpaired) electrons. The zero-order chi connectivity index (χ0) is 20.0. The Hall–Kier alpha value is -2.57. The van der Waals surface area contributed by atoms with Gasteiger partial charge < -0.3 is 9.47 Å². The Kier molecular flexibility index (Phi) is 4.48. The molecule has 0 bridgehead atoms. The van der Waals surface area contributed by atoms with Gasteiger partial charge in [-0.2, -0.15) is 0 Å². The van der Waals surface area contributed by atoms with Crippen LogP contribution < -0.4 is 5.46 Å². The molecule has 0 saturated carbocycles. The molecule has 1 atom stereocenters. The van der Waals surface area contributed by atoms with Gasteiger partial charge >= 0.3 is 7.05 Å². The van der Waals surface area contributed by atoms with Gasteiger partial charge in [-0.15, -0.1) is 0 Å². The van der Waals surface area contributed by atoms with Gasteiger partial charge in [-0.1, -0.05) is 60.7 Å². The van der Waals surface area contributed by atoms with Crippen LogP contribution in [-0.2, 0) is 10.3 Å². The number of rotatable bonds is 3. The van der Waals surface area contributed by atoms with Crippen LogP contribution in [0.4, 0.5) is 13.2 Å². The van der Waals surface area contributed by atoms with Crippen LogP contribution in [0.3, 0.4) is 0 Å². The van der Waals surface area contributed by atoms with Crippen molar-refractivity contribution in [2.24, 2.45) is 0 Å². The van der Waals surface area contributed by atoms with E-state index in [2.05, 4.69) is 4.81 Å². The van der Waals surface area contributed by atoms with Crippen molar-refractivity contribution in [3.8, 4) is 0 Å². The van der Waals surface area contributed by atoms with E-state index in [0.29, 0.717) is 5.46 Å². The number of nitrogens with zero attached hydrogens (tertiary/aromatic N) is 1. The molecule has 2 saturated heterocycles. The molecule has 0 N–H and O–H groups in total. The van der Waals surface area contributed by atoms with Crippen molar-refractivity contribution < 1.29 is 17.8 Å². The molecule has 146 valence electrons. The summed E-state index contributed by atoms with van der Waals surface area (Å²) in [5, 5.41) is 0. The summed E-state index contributed by atoms with van der Waals surface area (Å²) in [6, 6.07) is 22.0. The van der Waals surface area contributed by atoms with Crippen molar-refractivity contribution in [3.05, 3.63) is 101 Å². The third-order valence-electron chi connectivity index (χ3n) is 6.06. The number of hydrogen-bond acceptors (Lipinski definition) is 2. The summed E-state index contributed by atoms with van der Waals surface area (Å²) in [5.74, 6) is -3.85. The van der Waals surface area contributed by atoms with Gasteiger partial charge in [0.25, 0.3) is 0 Å². The smallest absolute Gasteiger partial charge is 0.402 e. The largest absolute Gasteiger partial charge is 0.420 e. The Bertz CT molecular complexity index is 968. The van der Waals surface area contributed by atoms with Crippen LogP contribution in [0.1, 0.15) is 24.0 Å². The minimum atomic E-state index is -1.46. The van der Waals surface area contributed by atoms with E-state index in [-0.39, 0.29) is 6.04 Å². The fourth-order valence-corrected chi connectivity index (χ4v) is 4.86.